The smallest absolute Gasteiger partial charge is 0.119 e. The Kier molecular flexibility index (Phi) is 7.92. The zero-order valence-electron chi connectivity index (χ0n) is 12.3. The molecule has 0 saturated carbocycles. The number of nitrogens with zero attached hydrogens (tertiary/aromatic N) is 1. The molecule has 4 nitrogen and oxygen atoms in total. The molecular weight excluding hydrogens is 276 g/mol. The van der Waals surface area contributed by atoms with Crippen LogP contribution in [0.25, 0.3) is 0 Å². The Labute approximate surface area is 127 Å². The molecule has 1 atom stereocenters. The van der Waals surface area contributed by atoms with E-state index in [4.69, 9.17) is 9.47 Å². The quantitative estimate of drug-likeness (QED) is 0.814. The van der Waals surface area contributed by atoms with Gasteiger partial charge in [-0.15, -0.1) is 12.4 Å². The molecule has 1 heterocycles. The number of ether oxygens (including phenoxy) is 2. The lowest BCUT2D eigenvalue weighted by atomic mass is 10.1. The molecular formula is C15H25ClN2O2. The van der Waals surface area contributed by atoms with Crippen molar-refractivity contribution in [2.24, 2.45) is 0 Å². The highest BCUT2D eigenvalue weighted by atomic mass is 35.5. The topological polar surface area (TPSA) is 33.7 Å². The van der Waals surface area contributed by atoms with Crippen LogP contribution in [0.3, 0.4) is 0 Å². The third-order valence-electron chi connectivity index (χ3n) is 3.31. The first kappa shape index (κ1) is 17.2. The van der Waals surface area contributed by atoms with Crippen molar-refractivity contribution in [2.45, 2.75) is 19.5 Å². The summed E-state index contributed by atoms with van der Waals surface area (Å²) in [6.07, 6.45) is 0. The summed E-state index contributed by atoms with van der Waals surface area (Å²) in [7, 11) is 1.69. The molecule has 0 amide bonds. The molecule has 0 spiro atoms. The summed E-state index contributed by atoms with van der Waals surface area (Å²) in [6, 6.07) is 8.93. The molecule has 0 aromatic heterocycles. The van der Waals surface area contributed by atoms with E-state index < -0.39 is 0 Å². The minimum Gasteiger partial charge on any atom is -0.491 e. The van der Waals surface area contributed by atoms with Crippen molar-refractivity contribution in [1.82, 2.24) is 10.2 Å². The highest BCUT2D eigenvalue weighted by Crippen LogP contribution is 2.15. The molecule has 1 aliphatic rings. The summed E-state index contributed by atoms with van der Waals surface area (Å²) in [5.41, 5.74) is 1.31. The maximum Gasteiger partial charge on any atom is 0.119 e. The van der Waals surface area contributed by atoms with Crippen LogP contribution in [-0.4, -0.2) is 50.9 Å². The highest BCUT2D eigenvalue weighted by Gasteiger charge is 2.15. The predicted molar refractivity (Wildman–Crippen MR) is 83.8 cm³/mol. The van der Waals surface area contributed by atoms with Gasteiger partial charge in [-0.2, -0.15) is 0 Å². The molecule has 0 radical (unpaired) electrons. The van der Waals surface area contributed by atoms with E-state index in [1.807, 2.05) is 6.07 Å². The fourth-order valence-electron chi connectivity index (χ4n) is 2.39. The normalized spacial score (nSPS) is 19.4. The second-order valence-corrected chi connectivity index (χ2v) is 5.08. The fraction of sp³-hybridized carbons (Fsp3) is 0.600. The lowest BCUT2D eigenvalue weighted by molar-refractivity contribution is 0.146. The number of benzene rings is 1. The average Bonchev–Trinajstić information content (AvgIpc) is 2.39. The zero-order valence-corrected chi connectivity index (χ0v) is 13.1. The van der Waals surface area contributed by atoms with E-state index in [9.17, 15) is 0 Å². The number of halogens is 1. The van der Waals surface area contributed by atoms with Crippen molar-refractivity contribution in [1.29, 1.82) is 0 Å². The summed E-state index contributed by atoms with van der Waals surface area (Å²) in [4.78, 5) is 2.48. The van der Waals surface area contributed by atoms with Crippen LogP contribution in [0.2, 0.25) is 0 Å². The Morgan fingerprint density at radius 3 is 2.95 bits per heavy atom. The first-order chi connectivity index (χ1) is 9.28. The molecule has 1 N–H and O–H groups in total. The van der Waals surface area contributed by atoms with Crippen molar-refractivity contribution < 1.29 is 9.47 Å². The largest absolute Gasteiger partial charge is 0.491 e. The fourth-order valence-corrected chi connectivity index (χ4v) is 2.39. The van der Waals surface area contributed by atoms with E-state index in [1.165, 1.54) is 5.56 Å². The number of piperazine rings is 1. The van der Waals surface area contributed by atoms with Gasteiger partial charge in [0.2, 0.25) is 0 Å². The van der Waals surface area contributed by atoms with E-state index in [0.29, 0.717) is 19.3 Å². The van der Waals surface area contributed by atoms with Crippen LogP contribution in [-0.2, 0) is 11.3 Å². The number of hydrogen-bond acceptors (Lipinski definition) is 4. The lowest BCUT2D eigenvalue weighted by Gasteiger charge is -2.31. The number of hydrogen-bond donors (Lipinski definition) is 1. The molecule has 114 valence electrons. The number of rotatable bonds is 6. The van der Waals surface area contributed by atoms with Crippen molar-refractivity contribution in [3.05, 3.63) is 29.8 Å². The van der Waals surface area contributed by atoms with Gasteiger partial charge >= 0.3 is 0 Å². The lowest BCUT2D eigenvalue weighted by Crippen LogP contribution is -2.48. The molecule has 2 rings (SSSR count). The molecule has 0 unspecified atom stereocenters. The highest BCUT2D eigenvalue weighted by molar-refractivity contribution is 5.85. The van der Waals surface area contributed by atoms with Crippen molar-refractivity contribution in [2.75, 3.05) is 40.0 Å². The Hall–Kier alpha value is -0.810. The van der Waals surface area contributed by atoms with E-state index in [0.717, 1.165) is 31.9 Å². The van der Waals surface area contributed by atoms with Crippen LogP contribution in [0.15, 0.2) is 24.3 Å². The average molecular weight is 301 g/mol. The van der Waals surface area contributed by atoms with E-state index in [2.05, 4.69) is 35.3 Å². The second kappa shape index (κ2) is 9.19. The maximum absolute atomic E-state index is 5.64. The van der Waals surface area contributed by atoms with Gasteiger partial charge in [0, 0.05) is 39.3 Å². The molecule has 5 heteroatoms. The van der Waals surface area contributed by atoms with E-state index in [1.54, 1.807) is 7.11 Å². The van der Waals surface area contributed by atoms with Gasteiger partial charge in [-0.25, -0.2) is 0 Å². The third-order valence-corrected chi connectivity index (χ3v) is 3.31. The zero-order chi connectivity index (χ0) is 13.5. The molecule has 0 bridgehead atoms. The maximum atomic E-state index is 5.64. The molecule has 1 aromatic carbocycles. The number of nitrogens with one attached hydrogen (secondary N) is 1. The summed E-state index contributed by atoms with van der Waals surface area (Å²) in [5.74, 6) is 0.928. The Bertz CT molecular complexity index is 390. The van der Waals surface area contributed by atoms with Crippen LogP contribution in [0, 0.1) is 0 Å². The SMILES string of the molecule is COCCOc1cccc(CN2CCN[C@@H](C)C2)c1.Cl. The molecule has 0 aliphatic carbocycles. The Balaban J connectivity index is 0.00000200. The molecule has 1 saturated heterocycles. The van der Waals surface area contributed by atoms with Gasteiger partial charge in [0.15, 0.2) is 0 Å². The molecule has 1 fully saturated rings. The standard InChI is InChI=1S/C15H24N2O2.ClH/c1-13-11-17(7-6-16-13)12-14-4-3-5-15(10-14)19-9-8-18-2;/h3-5,10,13,16H,6-9,11-12H2,1-2H3;1H/t13-;/m0./s1. The van der Waals surface area contributed by atoms with Crippen LogP contribution in [0.4, 0.5) is 0 Å². The van der Waals surface area contributed by atoms with Crippen LogP contribution < -0.4 is 10.1 Å². The first-order valence-corrected chi connectivity index (χ1v) is 6.94. The summed E-state index contributed by atoms with van der Waals surface area (Å²) < 4.78 is 10.6. The van der Waals surface area contributed by atoms with Crippen molar-refractivity contribution >= 4 is 12.4 Å². The second-order valence-electron chi connectivity index (χ2n) is 5.08. The van der Waals surface area contributed by atoms with Gasteiger partial charge in [0.1, 0.15) is 12.4 Å². The summed E-state index contributed by atoms with van der Waals surface area (Å²) >= 11 is 0. The van der Waals surface area contributed by atoms with Crippen LogP contribution in [0.1, 0.15) is 12.5 Å². The van der Waals surface area contributed by atoms with Crippen molar-refractivity contribution in [3.8, 4) is 5.75 Å². The van der Waals surface area contributed by atoms with Crippen LogP contribution in [0.5, 0.6) is 5.75 Å². The predicted octanol–water partition coefficient (Wildman–Crippen LogP) is 1.93. The minimum atomic E-state index is 0. The molecule has 1 aliphatic heterocycles. The minimum absolute atomic E-state index is 0. The van der Waals surface area contributed by atoms with E-state index in [-0.39, 0.29) is 12.4 Å². The Morgan fingerprint density at radius 1 is 1.35 bits per heavy atom. The van der Waals surface area contributed by atoms with Crippen LogP contribution >= 0.6 is 12.4 Å². The summed E-state index contributed by atoms with van der Waals surface area (Å²) in [6.45, 7) is 7.74. The Morgan fingerprint density at radius 2 is 2.20 bits per heavy atom. The van der Waals surface area contributed by atoms with Gasteiger partial charge in [-0.1, -0.05) is 12.1 Å². The van der Waals surface area contributed by atoms with Gasteiger partial charge in [-0.3, -0.25) is 4.90 Å². The summed E-state index contributed by atoms with van der Waals surface area (Å²) in [5, 5.41) is 3.46. The van der Waals surface area contributed by atoms with Gasteiger partial charge in [0.25, 0.3) is 0 Å². The first-order valence-electron chi connectivity index (χ1n) is 6.94. The number of methoxy groups -OCH3 is 1. The molecule has 1 aromatic rings. The van der Waals surface area contributed by atoms with Crippen molar-refractivity contribution in [3.63, 3.8) is 0 Å². The van der Waals surface area contributed by atoms with Gasteiger partial charge in [0.05, 0.1) is 6.61 Å². The molecule has 20 heavy (non-hydrogen) atoms. The third kappa shape index (κ3) is 5.67. The monoisotopic (exact) mass is 300 g/mol. The van der Waals surface area contributed by atoms with Gasteiger partial charge < -0.3 is 14.8 Å². The van der Waals surface area contributed by atoms with E-state index >= 15 is 0 Å². The van der Waals surface area contributed by atoms with Gasteiger partial charge in [-0.05, 0) is 24.6 Å².